The van der Waals surface area contributed by atoms with E-state index in [1.54, 1.807) is 6.08 Å². The highest BCUT2D eigenvalue weighted by Crippen LogP contribution is 1.99. The van der Waals surface area contributed by atoms with Gasteiger partial charge in [0.25, 0.3) is 0 Å². The molecule has 0 amide bonds. The van der Waals surface area contributed by atoms with Crippen LogP contribution >= 0.6 is 0 Å². The van der Waals surface area contributed by atoms with Crippen LogP contribution in [0.2, 0.25) is 0 Å². The summed E-state index contributed by atoms with van der Waals surface area (Å²) in [5, 5.41) is 16.5. The SMILES string of the molecule is CCC(N)CO.O=C(O)C=Cc1ccccc1. The number of aliphatic hydroxyl groups excluding tert-OH is 1. The molecule has 0 saturated carbocycles. The fourth-order valence-electron chi connectivity index (χ4n) is 0.861. The number of hydrogen-bond acceptors (Lipinski definition) is 3. The van der Waals surface area contributed by atoms with Crippen molar-refractivity contribution in [1.82, 2.24) is 0 Å². The lowest BCUT2D eigenvalue weighted by Crippen LogP contribution is -2.22. The average molecular weight is 237 g/mol. The van der Waals surface area contributed by atoms with E-state index in [1.807, 2.05) is 37.3 Å². The molecule has 0 aliphatic carbocycles. The third-order valence-corrected chi connectivity index (χ3v) is 1.98. The molecule has 0 fully saturated rings. The minimum atomic E-state index is -0.922. The minimum Gasteiger partial charge on any atom is -0.478 e. The molecule has 17 heavy (non-hydrogen) atoms. The van der Waals surface area contributed by atoms with Crippen LogP contribution in [0.15, 0.2) is 36.4 Å². The van der Waals surface area contributed by atoms with Crippen molar-refractivity contribution in [3.63, 3.8) is 0 Å². The van der Waals surface area contributed by atoms with Crippen molar-refractivity contribution in [1.29, 1.82) is 0 Å². The molecular formula is C13H19NO3. The van der Waals surface area contributed by atoms with E-state index in [4.69, 9.17) is 15.9 Å². The maximum absolute atomic E-state index is 10.1. The van der Waals surface area contributed by atoms with Crippen LogP contribution in [-0.4, -0.2) is 28.8 Å². The molecule has 0 radical (unpaired) electrons. The van der Waals surface area contributed by atoms with Gasteiger partial charge in [-0.2, -0.15) is 0 Å². The van der Waals surface area contributed by atoms with Crippen LogP contribution in [0.5, 0.6) is 0 Å². The zero-order valence-electron chi connectivity index (χ0n) is 9.91. The summed E-state index contributed by atoms with van der Waals surface area (Å²) in [5.74, 6) is -0.922. The topological polar surface area (TPSA) is 83.5 Å². The van der Waals surface area contributed by atoms with Crippen LogP contribution in [-0.2, 0) is 4.79 Å². The third-order valence-electron chi connectivity index (χ3n) is 1.98. The Bertz CT molecular complexity index is 332. The molecule has 1 rings (SSSR count). The van der Waals surface area contributed by atoms with Crippen molar-refractivity contribution < 1.29 is 15.0 Å². The maximum Gasteiger partial charge on any atom is 0.328 e. The van der Waals surface area contributed by atoms with Crippen LogP contribution in [0.1, 0.15) is 18.9 Å². The maximum atomic E-state index is 10.1. The Kier molecular flexibility index (Phi) is 8.64. The second-order valence-electron chi connectivity index (χ2n) is 3.43. The van der Waals surface area contributed by atoms with Crippen LogP contribution < -0.4 is 5.73 Å². The lowest BCUT2D eigenvalue weighted by molar-refractivity contribution is -0.131. The highest BCUT2D eigenvalue weighted by Gasteiger charge is 1.90. The fourth-order valence-corrected chi connectivity index (χ4v) is 0.861. The number of benzene rings is 1. The van der Waals surface area contributed by atoms with E-state index in [-0.39, 0.29) is 12.6 Å². The number of carboxylic acids is 1. The Morgan fingerprint density at radius 2 is 2.00 bits per heavy atom. The molecule has 0 spiro atoms. The van der Waals surface area contributed by atoms with Gasteiger partial charge in [-0.1, -0.05) is 37.3 Å². The Morgan fingerprint density at radius 3 is 2.35 bits per heavy atom. The van der Waals surface area contributed by atoms with Gasteiger partial charge in [0, 0.05) is 12.1 Å². The predicted molar refractivity (Wildman–Crippen MR) is 68.5 cm³/mol. The third kappa shape index (κ3) is 9.29. The number of hydrogen-bond donors (Lipinski definition) is 3. The fraction of sp³-hybridized carbons (Fsp3) is 0.308. The summed E-state index contributed by atoms with van der Waals surface area (Å²) in [5.41, 5.74) is 6.12. The molecule has 1 aromatic rings. The lowest BCUT2D eigenvalue weighted by Gasteiger charge is -1.98. The second-order valence-corrected chi connectivity index (χ2v) is 3.43. The smallest absolute Gasteiger partial charge is 0.328 e. The molecule has 4 N–H and O–H groups in total. The van der Waals surface area contributed by atoms with E-state index in [1.165, 1.54) is 0 Å². The normalized spacial score (nSPS) is 11.7. The van der Waals surface area contributed by atoms with Gasteiger partial charge in [0.1, 0.15) is 0 Å². The van der Waals surface area contributed by atoms with Gasteiger partial charge in [-0.15, -0.1) is 0 Å². The molecule has 4 heteroatoms. The van der Waals surface area contributed by atoms with Gasteiger partial charge < -0.3 is 15.9 Å². The summed E-state index contributed by atoms with van der Waals surface area (Å²) in [6, 6.07) is 9.30. The largest absolute Gasteiger partial charge is 0.478 e. The highest BCUT2D eigenvalue weighted by molar-refractivity contribution is 5.85. The lowest BCUT2D eigenvalue weighted by atomic mass is 10.2. The Balaban J connectivity index is 0.000000366. The summed E-state index contributed by atoms with van der Waals surface area (Å²) in [6.07, 6.45) is 3.54. The summed E-state index contributed by atoms with van der Waals surface area (Å²) < 4.78 is 0. The Morgan fingerprint density at radius 1 is 1.41 bits per heavy atom. The van der Waals surface area contributed by atoms with Crippen LogP contribution in [0.25, 0.3) is 6.08 Å². The minimum absolute atomic E-state index is 0.00926. The van der Waals surface area contributed by atoms with E-state index in [0.29, 0.717) is 0 Å². The summed E-state index contributed by atoms with van der Waals surface area (Å²) in [4.78, 5) is 10.1. The van der Waals surface area contributed by atoms with Crippen LogP contribution in [0, 0.1) is 0 Å². The first-order valence-corrected chi connectivity index (χ1v) is 5.42. The van der Waals surface area contributed by atoms with Crippen LogP contribution in [0.3, 0.4) is 0 Å². The molecule has 0 heterocycles. The van der Waals surface area contributed by atoms with Gasteiger partial charge in [0.15, 0.2) is 0 Å². The van der Waals surface area contributed by atoms with Crippen molar-refractivity contribution in [2.45, 2.75) is 19.4 Å². The zero-order valence-corrected chi connectivity index (χ0v) is 9.91. The standard InChI is InChI=1S/C9H8O2.C4H11NO/c10-9(11)7-6-8-4-2-1-3-5-8;1-2-4(5)3-6/h1-7H,(H,10,11);4,6H,2-3,5H2,1H3. The molecule has 0 aromatic heterocycles. The Hall–Kier alpha value is -1.65. The molecular weight excluding hydrogens is 218 g/mol. The molecule has 1 aromatic carbocycles. The van der Waals surface area contributed by atoms with Crippen molar-refractivity contribution in [2.75, 3.05) is 6.61 Å². The number of rotatable bonds is 4. The van der Waals surface area contributed by atoms with Crippen molar-refractivity contribution in [2.24, 2.45) is 5.73 Å². The predicted octanol–water partition coefficient (Wildman–Crippen LogP) is 1.50. The van der Waals surface area contributed by atoms with E-state index in [2.05, 4.69) is 0 Å². The van der Waals surface area contributed by atoms with Gasteiger partial charge >= 0.3 is 5.97 Å². The van der Waals surface area contributed by atoms with E-state index < -0.39 is 5.97 Å². The van der Waals surface area contributed by atoms with Crippen molar-refractivity contribution in [3.05, 3.63) is 42.0 Å². The number of aliphatic hydroxyl groups is 1. The van der Waals surface area contributed by atoms with E-state index in [0.717, 1.165) is 18.1 Å². The van der Waals surface area contributed by atoms with E-state index >= 15 is 0 Å². The first-order valence-electron chi connectivity index (χ1n) is 5.42. The van der Waals surface area contributed by atoms with Crippen molar-refractivity contribution in [3.8, 4) is 0 Å². The summed E-state index contributed by atoms with van der Waals surface area (Å²) in [7, 11) is 0. The molecule has 4 nitrogen and oxygen atoms in total. The number of aliphatic carboxylic acids is 1. The number of carboxylic acid groups (broad SMARTS) is 1. The summed E-state index contributed by atoms with van der Waals surface area (Å²) >= 11 is 0. The Labute approximate surface area is 101 Å². The molecule has 0 aliphatic rings. The second kappa shape index (κ2) is 9.57. The van der Waals surface area contributed by atoms with E-state index in [9.17, 15) is 4.79 Å². The average Bonchev–Trinajstić information content (AvgIpc) is 2.37. The monoisotopic (exact) mass is 237 g/mol. The number of carbonyl (C=O) groups is 1. The number of nitrogens with two attached hydrogens (primary N) is 1. The quantitative estimate of drug-likeness (QED) is 0.693. The first-order chi connectivity index (χ1) is 8.10. The molecule has 94 valence electrons. The summed E-state index contributed by atoms with van der Waals surface area (Å²) in [6.45, 7) is 2.05. The molecule has 0 saturated heterocycles. The van der Waals surface area contributed by atoms with Crippen molar-refractivity contribution >= 4 is 12.0 Å². The van der Waals surface area contributed by atoms with Gasteiger partial charge in [-0.25, -0.2) is 4.79 Å². The molecule has 0 bridgehead atoms. The molecule has 1 unspecified atom stereocenters. The highest BCUT2D eigenvalue weighted by atomic mass is 16.4. The van der Waals surface area contributed by atoms with Crippen LogP contribution in [0.4, 0.5) is 0 Å². The molecule has 1 atom stereocenters. The van der Waals surface area contributed by atoms with Gasteiger partial charge in [0.05, 0.1) is 6.61 Å². The molecule has 0 aliphatic heterocycles. The van der Waals surface area contributed by atoms with Gasteiger partial charge in [-0.3, -0.25) is 0 Å². The van der Waals surface area contributed by atoms with Gasteiger partial charge in [-0.05, 0) is 18.1 Å². The zero-order chi connectivity index (χ0) is 13.1. The van der Waals surface area contributed by atoms with Gasteiger partial charge in [0.2, 0.25) is 0 Å². The first kappa shape index (κ1) is 15.4.